The van der Waals surface area contributed by atoms with Crippen LogP contribution < -0.4 is 10.7 Å². The van der Waals surface area contributed by atoms with Crippen LogP contribution in [-0.2, 0) is 12.8 Å². The van der Waals surface area contributed by atoms with Gasteiger partial charge in [-0.2, -0.15) is 5.10 Å². The van der Waals surface area contributed by atoms with E-state index < -0.39 is 0 Å². The molecule has 0 spiro atoms. The summed E-state index contributed by atoms with van der Waals surface area (Å²) in [5, 5.41) is 7.76. The summed E-state index contributed by atoms with van der Waals surface area (Å²) in [6.45, 7) is 0. The number of nitrogens with one attached hydrogen (secondary N) is 2. The van der Waals surface area contributed by atoms with E-state index in [-0.39, 0.29) is 5.82 Å². The molecular formula is C17H16FN3S. The Morgan fingerprint density at radius 2 is 1.73 bits per heavy atom. The quantitative estimate of drug-likeness (QED) is 0.656. The Morgan fingerprint density at radius 1 is 1.00 bits per heavy atom. The zero-order valence-corrected chi connectivity index (χ0v) is 12.8. The maximum atomic E-state index is 12.8. The standard InChI is InChI=1S/C17H16FN3S/c18-14-6-9-15(10-7-14)19-17(22)21-20-16-8-5-12-3-1-2-4-13(12)11-16/h1-4,6-7,9-10H,5,8,11H2,(H2,19,21,22)/b20-16+. The van der Waals surface area contributed by atoms with Crippen molar-refractivity contribution < 1.29 is 4.39 Å². The van der Waals surface area contributed by atoms with E-state index >= 15 is 0 Å². The van der Waals surface area contributed by atoms with Crippen LogP contribution in [0.2, 0.25) is 0 Å². The van der Waals surface area contributed by atoms with Crippen molar-refractivity contribution in [2.45, 2.75) is 19.3 Å². The molecule has 22 heavy (non-hydrogen) atoms. The predicted octanol–water partition coefficient (Wildman–Crippen LogP) is 3.66. The Kier molecular flexibility index (Phi) is 4.44. The maximum absolute atomic E-state index is 12.8. The molecule has 0 atom stereocenters. The predicted molar refractivity (Wildman–Crippen MR) is 91.7 cm³/mol. The number of hydrogen-bond acceptors (Lipinski definition) is 2. The lowest BCUT2D eigenvalue weighted by molar-refractivity contribution is 0.628. The van der Waals surface area contributed by atoms with Gasteiger partial charge in [0.15, 0.2) is 5.11 Å². The zero-order valence-electron chi connectivity index (χ0n) is 12.0. The Labute approximate surface area is 134 Å². The second-order valence-corrected chi connectivity index (χ2v) is 5.60. The lowest BCUT2D eigenvalue weighted by Gasteiger charge is -2.17. The minimum absolute atomic E-state index is 0.273. The van der Waals surface area contributed by atoms with Gasteiger partial charge in [0, 0.05) is 17.8 Å². The van der Waals surface area contributed by atoms with Gasteiger partial charge in [-0.15, -0.1) is 0 Å². The van der Waals surface area contributed by atoms with Gasteiger partial charge in [-0.05, 0) is 60.5 Å². The molecule has 2 aromatic carbocycles. The number of rotatable bonds is 2. The van der Waals surface area contributed by atoms with Gasteiger partial charge >= 0.3 is 0 Å². The number of thiocarbonyl (C=S) groups is 1. The van der Waals surface area contributed by atoms with E-state index in [1.54, 1.807) is 12.1 Å². The van der Waals surface area contributed by atoms with Gasteiger partial charge in [-0.3, -0.25) is 5.43 Å². The number of nitrogens with zero attached hydrogens (tertiary/aromatic N) is 1. The first-order chi connectivity index (χ1) is 10.7. The van der Waals surface area contributed by atoms with E-state index in [1.807, 2.05) is 0 Å². The first-order valence-corrected chi connectivity index (χ1v) is 7.56. The van der Waals surface area contributed by atoms with Gasteiger partial charge in [0.05, 0.1) is 0 Å². The largest absolute Gasteiger partial charge is 0.331 e. The first-order valence-electron chi connectivity index (χ1n) is 7.15. The van der Waals surface area contributed by atoms with Crippen LogP contribution in [0, 0.1) is 5.82 Å². The smallest absolute Gasteiger partial charge is 0.191 e. The molecule has 1 aliphatic rings. The number of fused-ring (bicyclic) bond motifs is 1. The summed E-state index contributed by atoms with van der Waals surface area (Å²) in [5.41, 5.74) is 7.40. The highest BCUT2D eigenvalue weighted by molar-refractivity contribution is 7.80. The Balaban J connectivity index is 1.58. The van der Waals surface area contributed by atoms with Crippen molar-refractivity contribution in [1.29, 1.82) is 0 Å². The molecule has 3 rings (SSSR count). The molecule has 0 aliphatic heterocycles. The van der Waals surface area contributed by atoms with E-state index in [0.29, 0.717) is 5.11 Å². The number of hydrogen-bond donors (Lipinski definition) is 2. The number of benzene rings is 2. The van der Waals surface area contributed by atoms with E-state index in [0.717, 1.165) is 30.7 Å². The van der Waals surface area contributed by atoms with Crippen LogP contribution in [-0.4, -0.2) is 10.8 Å². The summed E-state index contributed by atoms with van der Waals surface area (Å²) in [7, 11) is 0. The Morgan fingerprint density at radius 3 is 2.50 bits per heavy atom. The molecule has 0 amide bonds. The molecule has 0 unspecified atom stereocenters. The average molecular weight is 313 g/mol. The van der Waals surface area contributed by atoms with E-state index in [2.05, 4.69) is 40.1 Å². The van der Waals surface area contributed by atoms with Crippen molar-refractivity contribution in [3.8, 4) is 0 Å². The lowest BCUT2D eigenvalue weighted by atomic mass is 9.90. The fraction of sp³-hybridized carbons (Fsp3) is 0.176. The minimum atomic E-state index is -0.273. The highest BCUT2D eigenvalue weighted by atomic mass is 32.1. The van der Waals surface area contributed by atoms with Gasteiger partial charge < -0.3 is 5.32 Å². The minimum Gasteiger partial charge on any atom is -0.331 e. The summed E-state index contributed by atoms with van der Waals surface area (Å²) in [4.78, 5) is 0. The molecule has 2 N–H and O–H groups in total. The van der Waals surface area contributed by atoms with Crippen LogP contribution in [0.4, 0.5) is 10.1 Å². The van der Waals surface area contributed by atoms with E-state index in [1.165, 1.54) is 23.3 Å². The van der Waals surface area contributed by atoms with Gasteiger partial charge in [-0.25, -0.2) is 4.39 Å². The molecule has 0 fully saturated rings. The first kappa shape index (κ1) is 14.7. The molecule has 2 aromatic rings. The summed E-state index contributed by atoms with van der Waals surface area (Å²) in [6.07, 6.45) is 2.79. The van der Waals surface area contributed by atoms with E-state index in [4.69, 9.17) is 12.2 Å². The van der Waals surface area contributed by atoms with Gasteiger partial charge in [-0.1, -0.05) is 24.3 Å². The summed E-state index contributed by atoms with van der Waals surface area (Å²) < 4.78 is 12.8. The Hall–Kier alpha value is -2.27. The third-order valence-corrected chi connectivity index (χ3v) is 3.81. The molecule has 0 saturated carbocycles. The highest BCUT2D eigenvalue weighted by Gasteiger charge is 2.13. The van der Waals surface area contributed by atoms with Crippen LogP contribution in [0.15, 0.2) is 53.6 Å². The van der Waals surface area contributed by atoms with Gasteiger partial charge in [0.25, 0.3) is 0 Å². The monoisotopic (exact) mass is 313 g/mol. The molecule has 0 heterocycles. The summed E-state index contributed by atoms with van der Waals surface area (Å²) in [5.74, 6) is -0.273. The third-order valence-electron chi connectivity index (χ3n) is 3.61. The second kappa shape index (κ2) is 6.66. The topological polar surface area (TPSA) is 36.4 Å². The molecule has 0 aromatic heterocycles. The number of hydrazone groups is 1. The number of aryl methyl sites for hydroxylation is 1. The third kappa shape index (κ3) is 3.68. The SMILES string of the molecule is Fc1ccc(NC(=S)N/N=C2\CCc3ccccc3C2)cc1. The van der Waals surface area contributed by atoms with Crippen LogP contribution in [0.25, 0.3) is 0 Å². The fourth-order valence-corrected chi connectivity index (χ4v) is 2.64. The second-order valence-electron chi connectivity index (χ2n) is 5.20. The van der Waals surface area contributed by atoms with Crippen LogP contribution in [0.3, 0.4) is 0 Å². The van der Waals surface area contributed by atoms with Gasteiger partial charge in [0.1, 0.15) is 5.82 Å². The molecule has 3 nitrogen and oxygen atoms in total. The van der Waals surface area contributed by atoms with Crippen molar-refractivity contribution in [2.75, 3.05) is 5.32 Å². The molecule has 0 bridgehead atoms. The van der Waals surface area contributed by atoms with Crippen LogP contribution in [0.1, 0.15) is 17.5 Å². The molecule has 112 valence electrons. The van der Waals surface area contributed by atoms with Crippen LogP contribution in [0.5, 0.6) is 0 Å². The molecule has 0 saturated heterocycles. The molecule has 1 aliphatic carbocycles. The van der Waals surface area contributed by atoms with Crippen LogP contribution >= 0.6 is 12.2 Å². The summed E-state index contributed by atoms with van der Waals surface area (Å²) in [6, 6.07) is 14.5. The number of halogens is 1. The maximum Gasteiger partial charge on any atom is 0.191 e. The highest BCUT2D eigenvalue weighted by Crippen LogP contribution is 2.19. The lowest BCUT2D eigenvalue weighted by Crippen LogP contribution is -2.26. The Bertz CT molecular complexity index is 710. The van der Waals surface area contributed by atoms with Crippen molar-refractivity contribution in [3.05, 3.63) is 65.5 Å². The molecular weight excluding hydrogens is 297 g/mol. The molecule has 5 heteroatoms. The average Bonchev–Trinajstić information content (AvgIpc) is 2.55. The van der Waals surface area contributed by atoms with Crippen molar-refractivity contribution in [2.24, 2.45) is 5.10 Å². The van der Waals surface area contributed by atoms with Crippen molar-refractivity contribution in [1.82, 2.24) is 5.43 Å². The number of anilines is 1. The zero-order chi connectivity index (χ0) is 15.4. The van der Waals surface area contributed by atoms with Gasteiger partial charge in [0.2, 0.25) is 0 Å². The fourth-order valence-electron chi connectivity index (χ4n) is 2.48. The van der Waals surface area contributed by atoms with E-state index in [9.17, 15) is 4.39 Å². The molecule has 0 radical (unpaired) electrons. The normalized spacial score (nSPS) is 15.2. The summed E-state index contributed by atoms with van der Waals surface area (Å²) >= 11 is 5.19. The van der Waals surface area contributed by atoms with Crippen molar-refractivity contribution >= 4 is 28.7 Å². The van der Waals surface area contributed by atoms with Crippen molar-refractivity contribution in [3.63, 3.8) is 0 Å².